The molecule has 10 nitrogen and oxygen atoms in total. The minimum absolute atomic E-state index is 0.226. The number of hydrogen-bond acceptors (Lipinski definition) is 7. The molecule has 1 amide bonds. The van der Waals surface area contributed by atoms with Crippen LogP contribution in [0.1, 0.15) is 0 Å². The molecule has 0 saturated carbocycles. The third-order valence-corrected chi connectivity index (χ3v) is 8.45. The molecule has 2 saturated heterocycles. The largest absolute Gasteiger partial charge is 0.442 e. The van der Waals surface area contributed by atoms with E-state index in [0.717, 1.165) is 4.47 Å². The lowest BCUT2D eigenvalue weighted by Gasteiger charge is -2.35. The van der Waals surface area contributed by atoms with Gasteiger partial charge in [0.25, 0.3) is 0 Å². The van der Waals surface area contributed by atoms with E-state index in [-0.39, 0.29) is 24.5 Å². The summed E-state index contributed by atoms with van der Waals surface area (Å²) in [5.41, 5.74) is 0.759. The van der Waals surface area contributed by atoms with Gasteiger partial charge in [0.15, 0.2) is 0 Å². The molecule has 1 atom stereocenters. The first-order valence-corrected chi connectivity index (χ1v) is 13.2. The summed E-state index contributed by atoms with van der Waals surface area (Å²) in [4.78, 5) is 15.8. The summed E-state index contributed by atoms with van der Waals surface area (Å²) < 4.78 is 50.1. The number of ether oxygens (including phenoxy) is 1. The van der Waals surface area contributed by atoms with Crippen molar-refractivity contribution in [3.05, 3.63) is 65.1 Å². The lowest BCUT2D eigenvalue weighted by atomic mass is 10.2. The molecule has 2 aliphatic heterocycles. The van der Waals surface area contributed by atoms with E-state index in [9.17, 15) is 13.2 Å². The Morgan fingerprint density at radius 2 is 1.83 bits per heavy atom. The minimum atomic E-state index is -3.62. The van der Waals surface area contributed by atoms with E-state index in [0.29, 0.717) is 31.0 Å². The van der Waals surface area contributed by atoms with Gasteiger partial charge in [-0.1, -0.05) is 21.1 Å². The Labute approximate surface area is 210 Å². The van der Waals surface area contributed by atoms with Crippen LogP contribution in [-0.2, 0) is 21.3 Å². The third-order valence-electron chi connectivity index (χ3n) is 6.01. The third kappa shape index (κ3) is 4.88. The Hall–Kier alpha value is -3.03. The standard InChI is InChI=1S/C22H22BrFN6O4S/c23-16-1-4-19(5-2-16)35(32,33)29-11-9-27(10-12-29)21-6-3-17(13-20(21)24)30-15-18(34-22(30)31)14-28-8-7-25-26-28/h1-8,13,18H,9-12,14-15H2/t18-/m0/s1. The zero-order chi connectivity index (χ0) is 24.6. The van der Waals surface area contributed by atoms with Crippen molar-refractivity contribution in [2.45, 2.75) is 17.5 Å². The van der Waals surface area contributed by atoms with Gasteiger partial charge < -0.3 is 9.64 Å². The first kappa shape index (κ1) is 23.7. The number of anilines is 2. The van der Waals surface area contributed by atoms with Gasteiger partial charge in [-0.25, -0.2) is 22.3 Å². The van der Waals surface area contributed by atoms with Gasteiger partial charge in [0, 0.05) is 36.8 Å². The molecule has 0 bridgehead atoms. The lowest BCUT2D eigenvalue weighted by molar-refractivity contribution is 0.129. The Morgan fingerprint density at radius 1 is 1.09 bits per heavy atom. The van der Waals surface area contributed by atoms with Crippen molar-refractivity contribution in [2.24, 2.45) is 0 Å². The van der Waals surface area contributed by atoms with Crippen LogP contribution in [0.15, 0.2) is 64.2 Å². The highest BCUT2D eigenvalue weighted by atomic mass is 79.9. The zero-order valence-corrected chi connectivity index (χ0v) is 20.9. The smallest absolute Gasteiger partial charge is 0.414 e. The van der Waals surface area contributed by atoms with Crippen molar-refractivity contribution in [1.29, 1.82) is 0 Å². The summed E-state index contributed by atoms with van der Waals surface area (Å²) in [5, 5.41) is 7.60. The molecule has 2 aliphatic rings. The summed E-state index contributed by atoms with van der Waals surface area (Å²) in [7, 11) is -3.62. The molecule has 3 heterocycles. The van der Waals surface area contributed by atoms with Crippen LogP contribution in [0.3, 0.4) is 0 Å². The number of sulfonamides is 1. The molecule has 2 fully saturated rings. The predicted molar refractivity (Wildman–Crippen MR) is 129 cm³/mol. The number of amides is 1. The van der Waals surface area contributed by atoms with Crippen molar-refractivity contribution in [2.75, 3.05) is 42.5 Å². The highest BCUT2D eigenvalue weighted by Gasteiger charge is 2.34. The highest BCUT2D eigenvalue weighted by Crippen LogP contribution is 2.29. The van der Waals surface area contributed by atoms with E-state index in [2.05, 4.69) is 26.2 Å². The lowest BCUT2D eigenvalue weighted by Crippen LogP contribution is -2.48. The van der Waals surface area contributed by atoms with Crippen LogP contribution in [0, 0.1) is 5.82 Å². The molecule has 5 rings (SSSR count). The zero-order valence-electron chi connectivity index (χ0n) is 18.5. The summed E-state index contributed by atoms with van der Waals surface area (Å²) in [6.07, 6.45) is 2.25. The molecule has 2 aromatic carbocycles. The average Bonchev–Trinajstić information content (AvgIpc) is 3.49. The Morgan fingerprint density at radius 3 is 2.49 bits per heavy atom. The van der Waals surface area contributed by atoms with Gasteiger partial charge in [0.1, 0.15) is 11.9 Å². The maximum atomic E-state index is 15.1. The van der Waals surface area contributed by atoms with Crippen molar-refractivity contribution in [3.8, 4) is 0 Å². The van der Waals surface area contributed by atoms with Crippen LogP contribution in [0.25, 0.3) is 0 Å². The molecule has 0 spiro atoms. The van der Waals surface area contributed by atoms with Gasteiger partial charge in [-0.3, -0.25) is 4.90 Å². The number of rotatable bonds is 6. The van der Waals surface area contributed by atoms with E-state index < -0.39 is 28.0 Å². The topological polar surface area (TPSA) is 101 Å². The summed E-state index contributed by atoms with van der Waals surface area (Å²) in [5.74, 6) is -0.487. The molecule has 0 radical (unpaired) electrons. The number of benzene rings is 2. The molecular weight excluding hydrogens is 543 g/mol. The van der Waals surface area contributed by atoms with E-state index in [1.807, 2.05) is 4.90 Å². The van der Waals surface area contributed by atoms with Gasteiger partial charge in [-0.05, 0) is 42.5 Å². The number of hydrogen-bond donors (Lipinski definition) is 0. The number of nitrogens with zero attached hydrogens (tertiary/aromatic N) is 6. The summed E-state index contributed by atoms with van der Waals surface area (Å²) >= 11 is 3.31. The fraction of sp³-hybridized carbons (Fsp3) is 0.318. The first-order valence-electron chi connectivity index (χ1n) is 10.9. The second kappa shape index (κ2) is 9.55. The highest BCUT2D eigenvalue weighted by molar-refractivity contribution is 9.10. The Kier molecular flexibility index (Phi) is 6.47. The van der Waals surface area contributed by atoms with Crippen LogP contribution >= 0.6 is 15.9 Å². The number of carbonyl (C=O) groups is 1. The quantitative estimate of drug-likeness (QED) is 0.453. The van der Waals surface area contributed by atoms with Gasteiger partial charge in [-0.2, -0.15) is 4.31 Å². The van der Waals surface area contributed by atoms with Gasteiger partial charge in [0.2, 0.25) is 10.0 Å². The van der Waals surface area contributed by atoms with Gasteiger partial charge in [0.05, 0.1) is 35.6 Å². The van der Waals surface area contributed by atoms with Crippen molar-refractivity contribution >= 4 is 43.4 Å². The molecule has 0 aliphatic carbocycles. The molecule has 13 heteroatoms. The van der Waals surface area contributed by atoms with Crippen LogP contribution in [0.4, 0.5) is 20.6 Å². The molecule has 1 aromatic heterocycles. The molecule has 184 valence electrons. The first-order chi connectivity index (χ1) is 16.8. The summed E-state index contributed by atoms with van der Waals surface area (Å²) in [6, 6.07) is 11.1. The van der Waals surface area contributed by atoms with Gasteiger partial charge in [-0.15, -0.1) is 5.10 Å². The van der Waals surface area contributed by atoms with E-state index >= 15 is 4.39 Å². The Bertz CT molecular complexity index is 1310. The van der Waals surface area contributed by atoms with Crippen LogP contribution in [0.5, 0.6) is 0 Å². The average molecular weight is 565 g/mol. The SMILES string of the molecule is O=C1O[C@@H](Cn2ccnn2)CN1c1ccc(N2CCN(S(=O)(=O)c3ccc(Br)cc3)CC2)c(F)c1. The normalized spacial score (nSPS) is 19.3. The fourth-order valence-electron chi connectivity index (χ4n) is 4.21. The number of carbonyl (C=O) groups excluding carboxylic acids is 1. The fourth-order valence-corrected chi connectivity index (χ4v) is 5.90. The molecular formula is C22H22BrFN6O4S. The second-order valence-electron chi connectivity index (χ2n) is 8.22. The second-order valence-corrected chi connectivity index (χ2v) is 11.1. The number of piperazine rings is 1. The van der Waals surface area contributed by atoms with E-state index in [4.69, 9.17) is 4.74 Å². The van der Waals surface area contributed by atoms with Crippen LogP contribution in [0.2, 0.25) is 0 Å². The van der Waals surface area contributed by atoms with Crippen molar-refractivity contribution in [3.63, 3.8) is 0 Å². The van der Waals surface area contributed by atoms with Crippen LogP contribution < -0.4 is 9.80 Å². The van der Waals surface area contributed by atoms with Crippen molar-refractivity contribution in [1.82, 2.24) is 19.3 Å². The monoisotopic (exact) mass is 564 g/mol. The maximum Gasteiger partial charge on any atom is 0.414 e. The van der Waals surface area contributed by atoms with E-state index in [1.54, 1.807) is 53.5 Å². The predicted octanol–water partition coefficient (Wildman–Crippen LogP) is 2.72. The molecule has 0 unspecified atom stereocenters. The molecule has 0 N–H and O–H groups in total. The summed E-state index contributed by atoms with van der Waals surface area (Å²) in [6.45, 7) is 1.79. The molecule has 35 heavy (non-hydrogen) atoms. The minimum Gasteiger partial charge on any atom is -0.442 e. The number of aromatic nitrogens is 3. The number of halogens is 2. The molecule has 3 aromatic rings. The number of cyclic esters (lactones) is 1. The maximum absolute atomic E-state index is 15.1. The van der Waals surface area contributed by atoms with Crippen molar-refractivity contribution < 1.29 is 22.3 Å². The van der Waals surface area contributed by atoms with Crippen LogP contribution in [-0.4, -0.2) is 72.6 Å². The van der Waals surface area contributed by atoms with Gasteiger partial charge >= 0.3 is 6.09 Å². The van der Waals surface area contributed by atoms with E-state index in [1.165, 1.54) is 15.3 Å². The Balaban J connectivity index is 1.23.